The second-order valence-corrected chi connectivity index (χ2v) is 11.5. The molecule has 0 aromatic heterocycles. The van der Waals surface area contributed by atoms with Gasteiger partial charge in [0, 0.05) is 6.42 Å². The highest BCUT2D eigenvalue weighted by atomic mass is 16.5. The molecule has 2 aliphatic rings. The number of ether oxygens (including phenoxy) is 1. The van der Waals surface area contributed by atoms with Crippen LogP contribution in [0.3, 0.4) is 0 Å². The van der Waals surface area contributed by atoms with Crippen molar-refractivity contribution in [1.29, 1.82) is 0 Å². The molecule has 1 N–H and O–H groups in total. The minimum Gasteiger partial charge on any atom is -0.467 e. The molecule has 1 saturated carbocycles. The van der Waals surface area contributed by atoms with Gasteiger partial charge in [-0.15, -0.1) is 0 Å². The number of carbonyl (C=O) groups is 2. The third-order valence-electron chi connectivity index (χ3n) is 8.81. The fourth-order valence-electron chi connectivity index (χ4n) is 6.23. The van der Waals surface area contributed by atoms with E-state index >= 15 is 0 Å². The molecule has 2 aliphatic carbocycles. The van der Waals surface area contributed by atoms with E-state index in [1.165, 1.54) is 55.9 Å². The number of fused-ring (bicyclic) bond motifs is 1. The van der Waals surface area contributed by atoms with E-state index in [2.05, 4.69) is 51.2 Å². The molecule has 34 heavy (non-hydrogen) atoms. The number of esters is 1. The van der Waals surface area contributed by atoms with Gasteiger partial charge >= 0.3 is 5.97 Å². The van der Waals surface area contributed by atoms with Gasteiger partial charge < -0.3 is 10.1 Å². The normalized spacial score (nSPS) is 23.9. The molecule has 4 heteroatoms. The minimum absolute atomic E-state index is 0.0185. The summed E-state index contributed by atoms with van der Waals surface area (Å²) < 4.78 is 4.99. The minimum atomic E-state index is -0.501. The molecule has 0 radical (unpaired) electrons. The van der Waals surface area contributed by atoms with Crippen LogP contribution in [0.25, 0.3) is 0 Å². The van der Waals surface area contributed by atoms with Crippen molar-refractivity contribution in [3.8, 4) is 0 Å². The summed E-state index contributed by atoms with van der Waals surface area (Å²) in [5.74, 6) is 1.39. The largest absolute Gasteiger partial charge is 0.467 e. The molecule has 1 fully saturated rings. The number of nitrogens with one attached hydrogen (secondary N) is 1. The summed E-state index contributed by atoms with van der Waals surface area (Å²) in [6.07, 6.45) is 12.6. The molecule has 3 atom stereocenters. The topological polar surface area (TPSA) is 55.4 Å². The number of rotatable bonds is 10. The summed E-state index contributed by atoms with van der Waals surface area (Å²) in [6.45, 7) is 9.33. The lowest BCUT2D eigenvalue weighted by Crippen LogP contribution is -2.43. The fourth-order valence-corrected chi connectivity index (χ4v) is 6.23. The molecule has 0 unspecified atom stereocenters. The van der Waals surface area contributed by atoms with Crippen LogP contribution < -0.4 is 5.32 Å². The zero-order chi connectivity index (χ0) is 24.7. The summed E-state index contributed by atoms with van der Waals surface area (Å²) >= 11 is 0. The van der Waals surface area contributed by atoms with Gasteiger partial charge in [0.2, 0.25) is 5.91 Å². The number of hydrogen-bond donors (Lipinski definition) is 1. The summed E-state index contributed by atoms with van der Waals surface area (Å²) in [7, 11) is 1.41. The molecular formula is C30H47NO3. The van der Waals surface area contributed by atoms with Gasteiger partial charge in [-0.05, 0) is 72.0 Å². The molecule has 0 spiro atoms. The van der Waals surface area contributed by atoms with E-state index < -0.39 is 6.04 Å². The van der Waals surface area contributed by atoms with Gasteiger partial charge in [0.05, 0.1) is 7.11 Å². The average molecular weight is 470 g/mol. The lowest BCUT2D eigenvalue weighted by atomic mass is 9.62. The summed E-state index contributed by atoms with van der Waals surface area (Å²) in [5, 5.41) is 2.99. The SMILES string of the molecule is COC(=O)[C@H](CC1CCCCC1)NC(=O)CCCC[C@]1(C)c2ccc(C(C)C)cc2CC[C@H]1C. The van der Waals surface area contributed by atoms with E-state index in [0.29, 0.717) is 30.6 Å². The number of aryl methyl sites for hydroxylation is 1. The Morgan fingerprint density at radius 2 is 1.85 bits per heavy atom. The van der Waals surface area contributed by atoms with Crippen molar-refractivity contribution in [2.45, 2.75) is 122 Å². The lowest BCUT2D eigenvalue weighted by molar-refractivity contribution is -0.145. The first-order valence-corrected chi connectivity index (χ1v) is 13.7. The second-order valence-electron chi connectivity index (χ2n) is 11.5. The van der Waals surface area contributed by atoms with Crippen LogP contribution in [0.4, 0.5) is 0 Å². The van der Waals surface area contributed by atoms with Gasteiger partial charge in [0.25, 0.3) is 0 Å². The average Bonchev–Trinajstić information content (AvgIpc) is 2.84. The van der Waals surface area contributed by atoms with E-state index in [-0.39, 0.29) is 17.3 Å². The molecule has 0 aliphatic heterocycles. The zero-order valence-corrected chi connectivity index (χ0v) is 22.3. The Morgan fingerprint density at radius 3 is 2.53 bits per heavy atom. The van der Waals surface area contributed by atoms with E-state index in [9.17, 15) is 9.59 Å². The molecule has 0 bridgehead atoms. The second kappa shape index (κ2) is 12.2. The van der Waals surface area contributed by atoms with Crippen molar-refractivity contribution in [2.24, 2.45) is 11.8 Å². The van der Waals surface area contributed by atoms with Crippen molar-refractivity contribution >= 4 is 11.9 Å². The predicted molar refractivity (Wildman–Crippen MR) is 139 cm³/mol. The van der Waals surface area contributed by atoms with Gasteiger partial charge in [-0.1, -0.05) is 84.4 Å². The molecule has 1 amide bonds. The van der Waals surface area contributed by atoms with Crippen molar-refractivity contribution in [3.63, 3.8) is 0 Å². The Balaban J connectivity index is 1.52. The van der Waals surface area contributed by atoms with Crippen molar-refractivity contribution in [2.75, 3.05) is 7.11 Å². The smallest absolute Gasteiger partial charge is 0.328 e. The summed E-state index contributed by atoms with van der Waals surface area (Å²) in [5.41, 5.74) is 4.63. The lowest BCUT2D eigenvalue weighted by Gasteiger charge is -2.42. The molecule has 190 valence electrons. The van der Waals surface area contributed by atoms with Crippen molar-refractivity contribution in [3.05, 3.63) is 34.9 Å². The summed E-state index contributed by atoms with van der Waals surface area (Å²) in [6, 6.07) is 6.61. The van der Waals surface area contributed by atoms with E-state index in [1.807, 2.05) is 0 Å². The molecule has 0 heterocycles. The third kappa shape index (κ3) is 6.64. The van der Waals surface area contributed by atoms with Crippen LogP contribution in [0.2, 0.25) is 0 Å². The third-order valence-corrected chi connectivity index (χ3v) is 8.81. The van der Waals surface area contributed by atoms with Crippen LogP contribution in [0, 0.1) is 11.8 Å². The maximum Gasteiger partial charge on any atom is 0.328 e. The van der Waals surface area contributed by atoms with Crippen molar-refractivity contribution in [1.82, 2.24) is 5.32 Å². The number of carbonyl (C=O) groups excluding carboxylic acids is 2. The van der Waals surface area contributed by atoms with Crippen LogP contribution >= 0.6 is 0 Å². The first kappa shape index (κ1) is 26.8. The Labute approximate surface area is 207 Å². The first-order chi connectivity index (χ1) is 16.2. The monoisotopic (exact) mass is 469 g/mol. The number of amides is 1. The van der Waals surface area contributed by atoms with Gasteiger partial charge in [0.1, 0.15) is 6.04 Å². The highest BCUT2D eigenvalue weighted by Gasteiger charge is 2.37. The van der Waals surface area contributed by atoms with E-state index in [1.54, 1.807) is 0 Å². The number of methoxy groups -OCH3 is 1. The molecule has 1 aromatic carbocycles. The Hall–Kier alpha value is -1.84. The molecule has 0 saturated heterocycles. The van der Waals surface area contributed by atoms with Crippen LogP contribution in [-0.2, 0) is 26.2 Å². The molecular weight excluding hydrogens is 422 g/mol. The molecule has 3 rings (SSSR count). The Morgan fingerprint density at radius 1 is 1.12 bits per heavy atom. The zero-order valence-electron chi connectivity index (χ0n) is 22.3. The van der Waals surface area contributed by atoms with Gasteiger partial charge in [-0.2, -0.15) is 0 Å². The van der Waals surface area contributed by atoms with E-state index in [4.69, 9.17) is 4.74 Å². The maximum absolute atomic E-state index is 12.7. The van der Waals surface area contributed by atoms with Crippen molar-refractivity contribution < 1.29 is 14.3 Å². The Kier molecular flexibility index (Phi) is 9.62. The number of benzene rings is 1. The number of unbranched alkanes of at least 4 members (excludes halogenated alkanes) is 1. The predicted octanol–water partition coefficient (Wildman–Crippen LogP) is 6.84. The van der Waals surface area contributed by atoms with Gasteiger partial charge in [-0.3, -0.25) is 4.79 Å². The van der Waals surface area contributed by atoms with Gasteiger partial charge in [-0.25, -0.2) is 4.79 Å². The molecule has 4 nitrogen and oxygen atoms in total. The Bertz CT molecular complexity index is 826. The maximum atomic E-state index is 12.7. The van der Waals surface area contributed by atoms with Crippen LogP contribution in [-0.4, -0.2) is 25.0 Å². The highest BCUT2D eigenvalue weighted by molar-refractivity contribution is 5.84. The standard InChI is InChI=1S/C30H47NO3/c1-21(2)24-16-17-26-25(20-24)15-14-22(3)30(26,4)18-10-9-13-28(32)31-27(29(33)34-5)19-23-11-7-6-8-12-23/h16-17,20-23,27H,6-15,18-19H2,1-5H3,(H,31,32)/t22-,27+,30+/m1/s1. The van der Waals surface area contributed by atoms with Crippen LogP contribution in [0.15, 0.2) is 18.2 Å². The fraction of sp³-hybridized carbons (Fsp3) is 0.733. The van der Waals surface area contributed by atoms with E-state index in [0.717, 1.165) is 32.1 Å². The van der Waals surface area contributed by atoms with Crippen LogP contribution in [0.5, 0.6) is 0 Å². The first-order valence-electron chi connectivity index (χ1n) is 13.7. The molecule has 1 aromatic rings. The number of hydrogen-bond acceptors (Lipinski definition) is 3. The highest BCUT2D eigenvalue weighted by Crippen LogP contribution is 2.45. The summed E-state index contributed by atoms with van der Waals surface area (Å²) in [4.78, 5) is 25.0. The quantitative estimate of drug-likeness (QED) is 0.301. The van der Waals surface area contributed by atoms with Crippen LogP contribution in [0.1, 0.15) is 121 Å². The van der Waals surface area contributed by atoms with Gasteiger partial charge in [0.15, 0.2) is 0 Å².